The zero-order valence-electron chi connectivity index (χ0n) is 25.3. The molecule has 1 aliphatic heterocycles. The molecule has 4 aromatic rings. The van der Waals surface area contributed by atoms with Crippen LogP contribution in [0, 0.1) is 23.4 Å². The molecule has 2 fully saturated rings. The minimum atomic E-state index is -1.57. The van der Waals surface area contributed by atoms with Gasteiger partial charge in [0.1, 0.15) is 46.8 Å². The van der Waals surface area contributed by atoms with Gasteiger partial charge in [0.05, 0.1) is 18.2 Å². The molecular weight excluding hydrogens is 622 g/mol. The summed E-state index contributed by atoms with van der Waals surface area (Å²) in [5, 5.41) is 7.58. The van der Waals surface area contributed by atoms with Gasteiger partial charge in [-0.15, -0.1) is 0 Å². The number of ether oxygens (including phenoxy) is 2. The Hall–Kier alpha value is -5.01. The molecule has 10 nitrogen and oxygen atoms in total. The van der Waals surface area contributed by atoms with E-state index >= 15 is 4.39 Å². The molecule has 0 saturated heterocycles. The summed E-state index contributed by atoms with van der Waals surface area (Å²) < 4.78 is 70.5. The van der Waals surface area contributed by atoms with Crippen molar-refractivity contribution in [3.05, 3.63) is 70.8 Å². The maximum Gasteiger partial charge on any atom is 0.251 e. The Morgan fingerprint density at radius 3 is 2.51 bits per heavy atom. The third-order valence-electron chi connectivity index (χ3n) is 9.54. The number of methoxy groups -OCH3 is 1. The molecule has 2 saturated carbocycles. The molecule has 2 amide bonds. The smallest absolute Gasteiger partial charge is 0.251 e. The van der Waals surface area contributed by atoms with E-state index in [-0.39, 0.29) is 53.1 Å². The molecule has 2 aromatic carbocycles. The Morgan fingerprint density at radius 1 is 1.15 bits per heavy atom. The van der Waals surface area contributed by atoms with E-state index < -0.39 is 51.5 Å². The third kappa shape index (κ3) is 4.80. The first-order valence-electron chi connectivity index (χ1n) is 15.0. The van der Waals surface area contributed by atoms with Crippen LogP contribution in [0.5, 0.6) is 11.5 Å². The lowest BCUT2D eigenvalue weighted by molar-refractivity contribution is -0.123. The zero-order valence-corrected chi connectivity index (χ0v) is 25.3. The summed E-state index contributed by atoms with van der Waals surface area (Å²) in [6.45, 7) is 1.02. The third-order valence-corrected chi connectivity index (χ3v) is 9.54. The molecule has 0 bridgehead atoms. The maximum absolute atomic E-state index is 15.1. The second-order valence-electron chi connectivity index (χ2n) is 12.7. The number of carbonyl (C=O) groups is 3. The molecule has 47 heavy (non-hydrogen) atoms. The first-order chi connectivity index (χ1) is 22.3. The molecule has 2 aliphatic carbocycles. The van der Waals surface area contributed by atoms with E-state index in [1.165, 1.54) is 43.1 Å². The molecule has 3 N–H and O–H groups in total. The lowest BCUT2D eigenvalue weighted by Crippen LogP contribution is -2.45. The number of aldehydes is 1. The Balaban J connectivity index is 1.30. The normalized spacial score (nSPS) is 20.6. The highest BCUT2D eigenvalue weighted by molar-refractivity contribution is 6.00. The number of rotatable bonds is 10. The van der Waals surface area contributed by atoms with E-state index in [0.717, 1.165) is 0 Å². The molecule has 14 heteroatoms. The molecule has 2 atom stereocenters. The molecule has 0 radical (unpaired) electrons. The van der Waals surface area contributed by atoms with Crippen molar-refractivity contribution in [3.8, 4) is 22.8 Å². The highest BCUT2D eigenvalue weighted by atomic mass is 19.2. The summed E-state index contributed by atoms with van der Waals surface area (Å²) in [4.78, 5) is 43.9. The molecule has 3 aliphatic rings. The lowest BCUT2D eigenvalue weighted by atomic mass is 9.76. The van der Waals surface area contributed by atoms with Crippen LogP contribution in [-0.4, -0.2) is 53.1 Å². The number of benzene rings is 2. The minimum Gasteiger partial charge on any atom is -0.494 e. The largest absolute Gasteiger partial charge is 0.494 e. The van der Waals surface area contributed by atoms with Gasteiger partial charge in [0.15, 0.2) is 11.6 Å². The Kier molecular flexibility index (Phi) is 6.85. The highest BCUT2D eigenvalue weighted by Crippen LogP contribution is 2.51. The number of nitrogens with two attached hydrogens (primary N) is 1. The molecule has 0 unspecified atom stereocenters. The first-order valence-corrected chi connectivity index (χ1v) is 15.0. The predicted octanol–water partition coefficient (Wildman–Crippen LogP) is 4.35. The second kappa shape index (κ2) is 10.5. The Bertz CT molecular complexity index is 2010. The van der Waals surface area contributed by atoms with E-state index in [4.69, 9.17) is 15.2 Å². The van der Waals surface area contributed by atoms with Crippen LogP contribution in [0.2, 0.25) is 0 Å². The van der Waals surface area contributed by atoms with Gasteiger partial charge in [-0.05, 0) is 49.9 Å². The van der Waals surface area contributed by atoms with Gasteiger partial charge in [-0.2, -0.15) is 5.10 Å². The van der Waals surface area contributed by atoms with Crippen molar-refractivity contribution >= 4 is 29.0 Å². The van der Waals surface area contributed by atoms with E-state index in [1.54, 1.807) is 0 Å². The van der Waals surface area contributed by atoms with Gasteiger partial charge >= 0.3 is 0 Å². The van der Waals surface area contributed by atoms with Crippen molar-refractivity contribution in [2.45, 2.75) is 49.2 Å². The van der Waals surface area contributed by atoms with E-state index in [0.29, 0.717) is 55.0 Å². The standard InChI is InChI=1S/C33H29F4N5O5/c1-31(30(38)45)15-47-28-20(31)10-25(40-27(28)19-9-22(35)23(36)11-21(19)34)32(14-43,18-3-4-18)13-39-29(44)16-7-17-12-42(33(37)5-6-33)41-26(17)24(8-16)46-2/h7-12,14,18H,3-6,13,15H2,1-2H3,(H2,38,45)(H,39,44)/t31-,32+/m0/s1. The Labute approximate surface area is 265 Å². The second-order valence-corrected chi connectivity index (χ2v) is 12.7. The number of nitrogens with zero attached hydrogens (tertiary/aromatic N) is 3. The monoisotopic (exact) mass is 651 g/mol. The van der Waals surface area contributed by atoms with Crippen molar-refractivity contribution < 1.29 is 41.4 Å². The molecule has 3 heterocycles. The van der Waals surface area contributed by atoms with Crippen LogP contribution < -0.4 is 20.5 Å². The van der Waals surface area contributed by atoms with Gasteiger partial charge in [0.25, 0.3) is 5.91 Å². The van der Waals surface area contributed by atoms with Crippen molar-refractivity contribution in [2.24, 2.45) is 11.7 Å². The van der Waals surface area contributed by atoms with E-state index in [2.05, 4.69) is 15.4 Å². The number of pyridine rings is 1. The summed E-state index contributed by atoms with van der Waals surface area (Å²) in [5.41, 5.74) is 2.96. The fourth-order valence-corrected chi connectivity index (χ4v) is 6.21. The number of amides is 2. The molecular formula is C33H29F4N5O5. The lowest BCUT2D eigenvalue weighted by Gasteiger charge is -2.30. The summed E-state index contributed by atoms with van der Waals surface area (Å²) in [6.07, 6.45) is 4.00. The SMILES string of the molecule is COc1cc(C(=O)NC[C@](C=O)(c2cc3c(c(-c4cc(F)c(F)cc4F)n2)OC[C@]3(C)C(N)=O)C2CC2)cc2cn(C3(F)CC3)nc12. The van der Waals surface area contributed by atoms with Crippen LogP contribution in [0.25, 0.3) is 22.2 Å². The van der Waals surface area contributed by atoms with Crippen LogP contribution in [-0.2, 0) is 26.2 Å². The van der Waals surface area contributed by atoms with Crippen LogP contribution in [0.3, 0.4) is 0 Å². The molecule has 7 rings (SSSR count). The molecule has 2 aromatic heterocycles. The average Bonchev–Trinajstić information content (AvgIpc) is 3.96. The topological polar surface area (TPSA) is 138 Å². The fourth-order valence-electron chi connectivity index (χ4n) is 6.21. The number of nitrogens with one attached hydrogen (secondary N) is 1. The van der Waals surface area contributed by atoms with Gasteiger partial charge in [-0.1, -0.05) is 0 Å². The number of fused-ring (bicyclic) bond motifs is 2. The van der Waals surface area contributed by atoms with Crippen molar-refractivity contribution in [1.29, 1.82) is 0 Å². The zero-order chi connectivity index (χ0) is 33.5. The number of alkyl halides is 1. The van der Waals surface area contributed by atoms with Crippen molar-refractivity contribution in [3.63, 3.8) is 0 Å². The fraction of sp³-hybridized carbons (Fsp3) is 0.364. The average molecular weight is 652 g/mol. The van der Waals surface area contributed by atoms with Crippen molar-refractivity contribution in [2.75, 3.05) is 20.3 Å². The van der Waals surface area contributed by atoms with Crippen LogP contribution >= 0.6 is 0 Å². The number of aromatic nitrogens is 3. The van der Waals surface area contributed by atoms with Crippen molar-refractivity contribution in [1.82, 2.24) is 20.1 Å². The highest BCUT2D eigenvalue weighted by Gasteiger charge is 2.51. The summed E-state index contributed by atoms with van der Waals surface area (Å²) in [5.74, 6) is -6.92. The summed E-state index contributed by atoms with van der Waals surface area (Å²) in [6, 6.07) is 5.46. The Morgan fingerprint density at radius 2 is 1.87 bits per heavy atom. The summed E-state index contributed by atoms with van der Waals surface area (Å²) >= 11 is 0. The summed E-state index contributed by atoms with van der Waals surface area (Å²) in [7, 11) is 1.40. The number of hydrogen-bond donors (Lipinski definition) is 2. The van der Waals surface area contributed by atoms with Gasteiger partial charge in [0.2, 0.25) is 11.7 Å². The maximum atomic E-state index is 15.1. The van der Waals surface area contributed by atoms with Gasteiger partial charge in [-0.3, -0.25) is 9.59 Å². The molecule has 244 valence electrons. The number of hydrogen-bond acceptors (Lipinski definition) is 7. The van der Waals surface area contributed by atoms with E-state index in [9.17, 15) is 27.6 Å². The van der Waals surface area contributed by atoms with E-state index in [1.807, 2.05) is 0 Å². The quantitative estimate of drug-likeness (QED) is 0.148. The first kappa shape index (κ1) is 30.6. The predicted molar refractivity (Wildman–Crippen MR) is 159 cm³/mol. The molecule has 0 spiro atoms. The number of primary amides is 1. The van der Waals surface area contributed by atoms with Crippen LogP contribution in [0.1, 0.15) is 54.2 Å². The number of halogens is 4. The number of carbonyl (C=O) groups excluding carboxylic acids is 3. The van der Waals surface area contributed by atoms with Crippen LogP contribution in [0.4, 0.5) is 17.6 Å². The van der Waals surface area contributed by atoms with Gasteiger partial charge < -0.3 is 25.3 Å². The van der Waals surface area contributed by atoms with Gasteiger partial charge in [0, 0.05) is 53.7 Å². The minimum absolute atomic E-state index is 0.0539. The van der Waals surface area contributed by atoms with Gasteiger partial charge in [-0.25, -0.2) is 27.2 Å². The van der Waals surface area contributed by atoms with Crippen LogP contribution in [0.15, 0.2) is 36.5 Å².